The Bertz CT molecular complexity index is 516. The van der Waals surface area contributed by atoms with Crippen LogP contribution in [0.15, 0.2) is 6.07 Å². The molecule has 0 bridgehead atoms. The Hall–Kier alpha value is -1.35. The molecule has 0 saturated carbocycles. The average molecular weight is 277 g/mol. The number of aliphatic hydroxyl groups is 1. The summed E-state index contributed by atoms with van der Waals surface area (Å²) in [7, 11) is 1.90. The fourth-order valence-corrected chi connectivity index (χ4v) is 2.72. The summed E-state index contributed by atoms with van der Waals surface area (Å²) in [5.74, 6) is 0. The number of hydrogen-bond acceptors (Lipinski definition) is 4. The molecule has 0 aliphatic carbocycles. The topological polar surface area (TPSA) is 61.4 Å². The van der Waals surface area contributed by atoms with E-state index in [4.69, 9.17) is 10.00 Å². The Morgan fingerprint density at radius 3 is 2.75 bits per heavy atom. The van der Waals surface area contributed by atoms with Crippen LogP contribution in [0, 0.1) is 18.3 Å². The van der Waals surface area contributed by atoms with Gasteiger partial charge in [0.25, 0.3) is 0 Å². The van der Waals surface area contributed by atoms with Crippen LogP contribution in [0.3, 0.4) is 0 Å². The van der Waals surface area contributed by atoms with E-state index in [-0.39, 0.29) is 12.2 Å². The van der Waals surface area contributed by atoms with E-state index >= 15 is 0 Å². The molecule has 1 aliphatic heterocycles. The van der Waals surface area contributed by atoms with Crippen LogP contribution in [0.25, 0.3) is 0 Å². The quantitative estimate of drug-likeness (QED) is 0.897. The number of ether oxygens (including phenoxy) is 1. The van der Waals surface area contributed by atoms with Crippen molar-refractivity contribution in [2.75, 3.05) is 13.1 Å². The van der Waals surface area contributed by atoms with Crippen molar-refractivity contribution in [1.29, 1.82) is 5.26 Å². The maximum Gasteiger partial charge on any atom is 0.120 e. The number of likely N-dealkylation sites (tertiary alicyclic amines) is 1. The van der Waals surface area contributed by atoms with Crippen LogP contribution in [0.1, 0.15) is 30.8 Å². The highest BCUT2D eigenvalue weighted by atomic mass is 16.5. The summed E-state index contributed by atoms with van der Waals surface area (Å²) in [6.07, 6.45) is -0.426. The van der Waals surface area contributed by atoms with Gasteiger partial charge in [-0.2, -0.15) is 5.26 Å². The van der Waals surface area contributed by atoms with E-state index in [2.05, 4.69) is 11.0 Å². The lowest BCUT2D eigenvalue weighted by molar-refractivity contribution is -0.0396. The van der Waals surface area contributed by atoms with Crippen LogP contribution in [0.5, 0.6) is 0 Å². The third kappa shape index (κ3) is 3.04. The van der Waals surface area contributed by atoms with Gasteiger partial charge in [0.1, 0.15) is 11.8 Å². The predicted molar refractivity (Wildman–Crippen MR) is 76.2 cm³/mol. The first-order chi connectivity index (χ1) is 9.42. The number of aromatic nitrogens is 1. The number of aliphatic hydroxyl groups excluding tert-OH is 1. The number of nitriles is 1. The molecule has 2 rings (SSSR count). The van der Waals surface area contributed by atoms with Gasteiger partial charge in [-0.1, -0.05) is 0 Å². The molecule has 5 nitrogen and oxygen atoms in total. The van der Waals surface area contributed by atoms with E-state index in [0.717, 1.165) is 24.3 Å². The molecule has 1 N–H and O–H groups in total. The average Bonchev–Trinajstić information content (AvgIpc) is 2.84. The van der Waals surface area contributed by atoms with Gasteiger partial charge < -0.3 is 14.4 Å². The third-order valence-electron chi connectivity index (χ3n) is 3.91. The Balaban J connectivity index is 2.04. The maximum absolute atomic E-state index is 10.0. The van der Waals surface area contributed by atoms with Crippen LogP contribution in [-0.2, 0) is 18.3 Å². The molecule has 1 fully saturated rings. The van der Waals surface area contributed by atoms with Gasteiger partial charge in [0.05, 0.1) is 18.3 Å². The van der Waals surface area contributed by atoms with Crippen molar-refractivity contribution in [2.45, 2.75) is 45.6 Å². The Morgan fingerprint density at radius 2 is 2.20 bits per heavy atom. The first kappa shape index (κ1) is 15.0. The summed E-state index contributed by atoms with van der Waals surface area (Å²) < 4.78 is 7.63. The molecule has 110 valence electrons. The molecular weight excluding hydrogens is 254 g/mol. The van der Waals surface area contributed by atoms with Gasteiger partial charge in [0.15, 0.2) is 0 Å². The SMILES string of the molecule is Cc1c(CN2C[C@H](OC(C)C)[C@@H](O)C2)cc(C#N)n1C. The first-order valence-electron chi connectivity index (χ1n) is 7.03. The van der Waals surface area contributed by atoms with Crippen molar-refractivity contribution < 1.29 is 9.84 Å². The lowest BCUT2D eigenvalue weighted by atomic mass is 10.2. The highest BCUT2D eigenvalue weighted by Crippen LogP contribution is 2.21. The summed E-state index contributed by atoms with van der Waals surface area (Å²) in [6.45, 7) is 8.08. The van der Waals surface area contributed by atoms with E-state index in [1.54, 1.807) is 0 Å². The van der Waals surface area contributed by atoms with E-state index in [1.807, 2.05) is 38.5 Å². The van der Waals surface area contributed by atoms with Gasteiger partial charge in [-0.15, -0.1) is 0 Å². The second kappa shape index (κ2) is 5.96. The van der Waals surface area contributed by atoms with E-state index in [0.29, 0.717) is 12.2 Å². The number of hydrogen-bond donors (Lipinski definition) is 1. The smallest absolute Gasteiger partial charge is 0.120 e. The van der Waals surface area contributed by atoms with Gasteiger partial charge in [0.2, 0.25) is 0 Å². The highest BCUT2D eigenvalue weighted by Gasteiger charge is 2.32. The zero-order valence-corrected chi connectivity index (χ0v) is 12.6. The van der Waals surface area contributed by atoms with Crippen LogP contribution in [-0.4, -0.2) is 46.0 Å². The molecule has 1 aliphatic rings. The largest absolute Gasteiger partial charge is 0.389 e. The van der Waals surface area contributed by atoms with Crippen LogP contribution in [0.2, 0.25) is 0 Å². The minimum Gasteiger partial charge on any atom is -0.389 e. The number of rotatable bonds is 4. The summed E-state index contributed by atoms with van der Waals surface area (Å²) in [5, 5.41) is 19.1. The zero-order chi connectivity index (χ0) is 14.9. The fourth-order valence-electron chi connectivity index (χ4n) is 2.72. The third-order valence-corrected chi connectivity index (χ3v) is 3.91. The monoisotopic (exact) mass is 277 g/mol. The summed E-state index contributed by atoms with van der Waals surface area (Å²) in [4.78, 5) is 2.18. The predicted octanol–water partition coefficient (Wildman–Crippen LogP) is 1.18. The van der Waals surface area contributed by atoms with Gasteiger partial charge >= 0.3 is 0 Å². The molecule has 2 heterocycles. The molecule has 5 heteroatoms. The fraction of sp³-hybridized carbons (Fsp3) is 0.667. The summed E-state index contributed by atoms with van der Waals surface area (Å²) in [5.41, 5.74) is 2.91. The lowest BCUT2D eigenvalue weighted by Gasteiger charge is -2.18. The Kier molecular flexibility index (Phi) is 4.48. The van der Waals surface area contributed by atoms with Crippen LogP contribution in [0.4, 0.5) is 0 Å². The molecule has 20 heavy (non-hydrogen) atoms. The van der Waals surface area contributed by atoms with E-state index in [1.165, 1.54) is 0 Å². The molecule has 0 unspecified atom stereocenters. The molecule has 1 aromatic rings. The highest BCUT2D eigenvalue weighted by molar-refractivity contribution is 5.34. The summed E-state index contributed by atoms with van der Waals surface area (Å²) >= 11 is 0. The normalized spacial score (nSPS) is 23.4. The number of β-amino-alcohol motifs (C(OH)–C–C–N with tert-alkyl or cyclic N) is 1. The molecule has 0 radical (unpaired) electrons. The van der Waals surface area contributed by atoms with Crippen molar-refractivity contribution in [1.82, 2.24) is 9.47 Å². The van der Waals surface area contributed by atoms with E-state index in [9.17, 15) is 5.11 Å². The number of nitrogens with zero attached hydrogens (tertiary/aromatic N) is 3. The molecule has 0 spiro atoms. The van der Waals surface area contributed by atoms with Crippen molar-refractivity contribution in [3.05, 3.63) is 23.0 Å². The molecule has 0 amide bonds. The standard InChI is InChI=1S/C15H23N3O2/c1-10(2)20-15-9-18(8-14(15)19)7-12-5-13(6-16)17(4)11(12)3/h5,10,14-15,19H,7-9H2,1-4H3/t14-,15-/m0/s1. The first-order valence-corrected chi connectivity index (χ1v) is 7.03. The molecule has 1 aromatic heterocycles. The Morgan fingerprint density at radius 1 is 1.50 bits per heavy atom. The van der Waals surface area contributed by atoms with Crippen LogP contribution < -0.4 is 0 Å². The van der Waals surface area contributed by atoms with Gasteiger partial charge in [0, 0.05) is 32.4 Å². The van der Waals surface area contributed by atoms with Crippen LogP contribution >= 0.6 is 0 Å². The molecule has 2 atom stereocenters. The minimum atomic E-state index is -0.433. The second-order valence-electron chi connectivity index (χ2n) is 5.80. The molecule has 1 saturated heterocycles. The van der Waals surface area contributed by atoms with Crippen molar-refractivity contribution in [3.63, 3.8) is 0 Å². The minimum absolute atomic E-state index is 0.116. The van der Waals surface area contributed by atoms with Crippen molar-refractivity contribution >= 4 is 0 Å². The summed E-state index contributed by atoms with van der Waals surface area (Å²) in [6, 6.07) is 4.12. The maximum atomic E-state index is 10.0. The lowest BCUT2D eigenvalue weighted by Crippen LogP contribution is -2.29. The van der Waals surface area contributed by atoms with Gasteiger partial charge in [-0.05, 0) is 32.4 Å². The van der Waals surface area contributed by atoms with Crippen molar-refractivity contribution in [2.24, 2.45) is 7.05 Å². The molecular formula is C15H23N3O2. The van der Waals surface area contributed by atoms with Crippen molar-refractivity contribution in [3.8, 4) is 6.07 Å². The zero-order valence-electron chi connectivity index (χ0n) is 12.6. The molecule has 0 aromatic carbocycles. The van der Waals surface area contributed by atoms with Gasteiger partial charge in [-0.25, -0.2) is 0 Å². The van der Waals surface area contributed by atoms with E-state index < -0.39 is 6.10 Å². The Labute approximate surface area is 120 Å². The second-order valence-corrected chi connectivity index (χ2v) is 5.80. The van der Waals surface area contributed by atoms with Gasteiger partial charge in [-0.3, -0.25) is 4.90 Å².